The molecule has 1 fully saturated rings. The third kappa shape index (κ3) is 1.43. The molecular weight excluding hydrogens is 201 g/mol. The van der Waals surface area contributed by atoms with Crippen molar-refractivity contribution in [3.63, 3.8) is 0 Å². The molecule has 0 aromatic heterocycles. The van der Waals surface area contributed by atoms with Crippen LogP contribution in [0.5, 0.6) is 0 Å². The smallest absolute Gasteiger partial charge is 0.321 e. The van der Waals surface area contributed by atoms with Crippen LogP contribution in [0.4, 0.5) is 0 Å². The van der Waals surface area contributed by atoms with Crippen molar-refractivity contribution >= 4 is 11.9 Å². The minimum absolute atomic E-state index is 0. The van der Waals surface area contributed by atoms with Crippen molar-refractivity contribution in [1.82, 2.24) is 0 Å². The molecule has 0 aliphatic heterocycles. The van der Waals surface area contributed by atoms with Gasteiger partial charge in [0.15, 0.2) is 5.41 Å². The quantitative estimate of drug-likeness (QED) is 0.507. The molecule has 0 aromatic rings. The molecule has 0 radical (unpaired) electrons. The van der Waals surface area contributed by atoms with E-state index in [2.05, 4.69) is 0 Å². The van der Waals surface area contributed by atoms with Crippen LogP contribution in [-0.4, -0.2) is 22.2 Å². The van der Waals surface area contributed by atoms with Gasteiger partial charge < -0.3 is 10.2 Å². The van der Waals surface area contributed by atoms with Crippen LogP contribution >= 0.6 is 0 Å². The van der Waals surface area contributed by atoms with Gasteiger partial charge in [0.1, 0.15) is 0 Å². The van der Waals surface area contributed by atoms with Gasteiger partial charge in [-0.3, -0.25) is 9.59 Å². The SMILES string of the molecule is O=C(O)C1(C(=O)O)CCC1.[Zn]. The maximum atomic E-state index is 10.4. The fourth-order valence-electron chi connectivity index (χ4n) is 1.05. The number of carboxylic acid groups (broad SMARTS) is 2. The van der Waals surface area contributed by atoms with Gasteiger partial charge in [0, 0.05) is 19.5 Å². The monoisotopic (exact) mass is 208 g/mol. The van der Waals surface area contributed by atoms with Gasteiger partial charge in [0.2, 0.25) is 0 Å². The number of rotatable bonds is 2. The van der Waals surface area contributed by atoms with Crippen LogP contribution in [0.3, 0.4) is 0 Å². The molecule has 0 bridgehead atoms. The Hall–Kier alpha value is -0.437. The predicted molar refractivity (Wildman–Crippen MR) is 31.6 cm³/mol. The van der Waals surface area contributed by atoms with Crippen molar-refractivity contribution in [2.24, 2.45) is 5.41 Å². The number of hydrogen-bond acceptors (Lipinski definition) is 2. The first-order chi connectivity index (χ1) is 4.59. The third-order valence-electron chi connectivity index (χ3n) is 2.03. The second-order valence-corrected chi connectivity index (χ2v) is 2.55. The molecule has 0 heterocycles. The molecule has 0 saturated heterocycles. The van der Waals surface area contributed by atoms with Gasteiger partial charge in [-0.05, 0) is 19.3 Å². The van der Waals surface area contributed by atoms with E-state index in [1.165, 1.54) is 0 Å². The summed E-state index contributed by atoms with van der Waals surface area (Å²) in [6, 6.07) is 0. The van der Waals surface area contributed by atoms with Crippen molar-refractivity contribution in [2.75, 3.05) is 0 Å². The first-order valence-electron chi connectivity index (χ1n) is 3.06. The van der Waals surface area contributed by atoms with E-state index in [4.69, 9.17) is 10.2 Å². The van der Waals surface area contributed by atoms with E-state index in [0.717, 1.165) is 0 Å². The molecule has 2 N–H and O–H groups in total. The van der Waals surface area contributed by atoms with Crippen molar-refractivity contribution in [3.05, 3.63) is 0 Å². The van der Waals surface area contributed by atoms with Gasteiger partial charge in [0.05, 0.1) is 0 Å². The van der Waals surface area contributed by atoms with Gasteiger partial charge in [-0.1, -0.05) is 0 Å². The van der Waals surface area contributed by atoms with E-state index in [1.807, 2.05) is 0 Å². The number of hydrogen-bond donors (Lipinski definition) is 2. The van der Waals surface area contributed by atoms with Crippen LogP contribution < -0.4 is 0 Å². The van der Waals surface area contributed by atoms with Gasteiger partial charge in [0.25, 0.3) is 0 Å². The molecule has 0 amide bonds. The normalized spacial score (nSPS) is 19.3. The van der Waals surface area contributed by atoms with Crippen LogP contribution in [-0.2, 0) is 29.1 Å². The van der Waals surface area contributed by atoms with Gasteiger partial charge in [-0.25, -0.2) is 0 Å². The summed E-state index contributed by atoms with van der Waals surface area (Å²) in [7, 11) is 0. The Morgan fingerprint density at radius 2 is 1.45 bits per heavy atom. The Kier molecular flexibility index (Phi) is 3.18. The van der Waals surface area contributed by atoms with Gasteiger partial charge in [-0.2, -0.15) is 0 Å². The Morgan fingerprint density at radius 1 is 1.09 bits per heavy atom. The Labute approximate surface area is 76.4 Å². The molecule has 11 heavy (non-hydrogen) atoms. The fourth-order valence-corrected chi connectivity index (χ4v) is 1.05. The average molecular weight is 210 g/mol. The van der Waals surface area contributed by atoms with E-state index in [0.29, 0.717) is 6.42 Å². The first kappa shape index (κ1) is 10.6. The number of aliphatic carboxylic acids is 2. The summed E-state index contributed by atoms with van der Waals surface area (Å²) in [5, 5.41) is 16.9. The Bertz CT molecular complexity index is 169. The van der Waals surface area contributed by atoms with Crippen LogP contribution in [0.25, 0.3) is 0 Å². The molecule has 58 valence electrons. The van der Waals surface area contributed by atoms with Crippen LogP contribution in [0.1, 0.15) is 19.3 Å². The number of carboxylic acids is 2. The summed E-state index contributed by atoms with van der Waals surface area (Å²) in [6.45, 7) is 0. The summed E-state index contributed by atoms with van der Waals surface area (Å²) < 4.78 is 0. The van der Waals surface area contributed by atoms with Crippen LogP contribution in [0, 0.1) is 5.41 Å². The summed E-state index contributed by atoms with van der Waals surface area (Å²) in [4.78, 5) is 20.7. The maximum Gasteiger partial charge on any atom is 0.321 e. The molecule has 0 unspecified atom stereocenters. The minimum Gasteiger partial charge on any atom is -0.480 e. The molecule has 4 nitrogen and oxygen atoms in total. The Balaban J connectivity index is 0.000001000. The molecular formula is C6H8O4Zn. The minimum atomic E-state index is -1.44. The van der Waals surface area contributed by atoms with Crippen LogP contribution in [0.2, 0.25) is 0 Å². The van der Waals surface area contributed by atoms with Crippen molar-refractivity contribution in [2.45, 2.75) is 19.3 Å². The zero-order valence-electron chi connectivity index (χ0n) is 6.04. The number of carbonyl (C=O) groups is 2. The topological polar surface area (TPSA) is 74.6 Å². The maximum absolute atomic E-state index is 10.4. The summed E-state index contributed by atoms with van der Waals surface area (Å²) >= 11 is 0. The zero-order valence-corrected chi connectivity index (χ0v) is 9.01. The average Bonchev–Trinajstić information content (AvgIpc) is 1.57. The molecule has 5 heteroatoms. The molecule has 1 saturated carbocycles. The van der Waals surface area contributed by atoms with E-state index < -0.39 is 17.4 Å². The molecule has 0 atom stereocenters. The Morgan fingerprint density at radius 3 is 1.45 bits per heavy atom. The third-order valence-corrected chi connectivity index (χ3v) is 2.03. The first-order valence-corrected chi connectivity index (χ1v) is 3.06. The van der Waals surface area contributed by atoms with Gasteiger partial charge in [-0.15, -0.1) is 0 Å². The van der Waals surface area contributed by atoms with Crippen LogP contribution in [0.15, 0.2) is 0 Å². The molecule has 1 aliphatic rings. The van der Waals surface area contributed by atoms with Crippen molar-refractivity contribution < 1.29 is 39.3 Å². The second kappa shape index (κ2) is 3.31. The summed E-state index contributed by atoms with van der Waals surface area (Å²) in [6.07, 6.45) is 1.26. The van der Waals surface area contributed by atoms with E-state index in [1.54, 1.807) is 0 Å². The molecule has 1 aliphatic carbocycles. The fraction of sp³-hybridized carbons (Fsp3) is 0.667. The second-order valence-electron chi connectivity index (χ2n) is 2.55. The van der Waals surface area contributed by atoms with Crippen molar-refractivity contribution in [1.29, 1.82) is 0 Å². The molecule has 1 rings (SSSR count). The zero-order chi connectivity index (χ0) is 7.78. The van der Waals surface area contributed by atoms with Crippen molar-refractivity contribution in [3.8, 4) is 0 Å². The summed E-state index contributed by atoms with van der Waals surface area (Å²) in [5.41, 5.74) is -1.44. The largest absolute Gasteiger partial charge is 0.480 e. The summed E-state index contributed by atoms with van der Waals surface area (Å²) in [5.74, 6) is -2.41. The standard InChI is InChI=1S/C6H8O4.Zn/c7-4(8)6(5(9)10)2-1-3-6;/h1-3H2,(H,7,8)(H,9,10);. The van der Waals surface area contributed by atoms with E-state index in [9.17, 15) is 9.59 Å². The van der Waals surface area contributed by atoms with Gasteiger partial charge >= 0.3 is 11.9 Å². The van der Waals surface area contributed by atoms with E-state index >= 15 is 0 Å². The predicted octanol–water partition coefficient (Wildman–Crippen LogP) is 0.323. The molecule has 0 aromatic carbocycles. The van der Waals surface area contributed by atoms with E-state index in [-0.39, 0.29) is 32.3 Å². The molecule has 0 spiro atoms.